The second-order valence-corrected chi connectivity index (χ2v) is 5.73. The van der Waals surface area contributed by atoms with Crippen LogP contribution >= 0.6 is 0 Å². The number of amides is 1. The van der Waals surface area contributed by atoms with Crippen LogP contribution in [0.5, 0.6) is 0 Å². The highest BCUT2D eigenvalue weighted by Crippen LogP contribution is 2.24. The number of nitrogens with one attached hydrogen (secondary N) is 1. The summed E-state index contributed by atoms with van der Waals surface area (Å²) in [6, 6.07) is 0. The number of hydrogen-bond donors (Lipinski definition) is 3. The Labute approximate surface area is 123 Å². The predicted molar refractivity (Wildman–Crippen MR) is 77.4 cm³/mol. The van der Waals surface area contributed by atoms with Crippen LogP contribution in [0.1, 0.15) is 45.4 Å². The van der Waals surface area contributed by atoms with E-state index < -0.39 is 6.10 Å². The average Bonchev–Trinajstić information content (AvgIpc) is 2.73. The largest absolute Gasteiger partial charge is 0.396 e. The van der Waals surface area contributed by atoms with Crippen molar-refractivity contribution in [1.29, 1.82) is 0 Å². The summed E-state index contributed by atoms with van der Waals surface area (Å²) in [7, 11) is 0. The molecule has 21 heavy (non-hydrogen) atoms. The Morgan fingerprint density at radius 1 is 1.38 bits per heavy atom. The lowest BCUT2D eigenvalue weighted by atomic mass is 9.94. The summed E-state index contributed by atoms with van der Waals surface area (Å²) in [5.41, 5.74) is 2.29. The lowest BCUT2D eigenvalue weighted by Crippen LogP contribution is -2.47. The van der Waals surface area contributed by atoms with Gasteiger partial charge in [0.25, 0.3) is 5.91 Å². The number of ketones is 1. The number of aliphatic hydroxyl groups is 2. The monoisotopic (exact) mass is 294 g/mol. The van der Waals surface area contributed by atoms with E-state index in [1.807, 2.05) is 0 Å². The van der Waals surface area contributed by atoms with Crippen LogP contribution in [0.2, 0.25) is 0 Å². The molecule has 1 aromatic rings. The number of piperidine rings is 1. The molecule has 0 radical (unpaired) electrons. The van der Waals surface area contributed by atoms with Crippen LogP contribution in [0.4, 0.5) is 0 Å². The van der Waals surface area contributed by atoms with Crippen molar-refractivity contribution in [3.05, 3.63) is 22.5 Å². The highest BCUT2D eigenvalue weighted by Gasteiger charge is 2.32. The molecular formula is C15H22N2O4. The van der Waals surface area contributed by atoms with E-state index in [4.69, 9.17) is 5.11 Å². The molecule has 1 aliphatic heterocycles. The zero-order chi connectivity index (χ0) is 15.7. The summed E-state index contributed by atoms with van der Waals surface area (Å²) in [4.78, 5) is 28.7. The molecule has 6 heteroatoms. The number of hydrogen-bond acceptors (Lipinski definition) is 4. The number of nitrogens with zero attached hydrogens (tertiary/aromatic N) is 1. The van der Waals surface area contributed by atoms with Crippen molar-refractivity contribution in [1.82, 2.24) is 9.88 Å². The standard InChI is InChI=1S/C15H22N2O4/c1-8-13(9(2)16-14(8)10(3)19)15(21)17-5-4-11(7-18)12(20)6-17/h11-12,16,18,20H,4-7H2,1-3H3/t11-,12-/m1/s1. The molecule has 0 aromatic carbocycles. The molecule has 0 bridgehead atoms. The minimum absolute atomic E-state index is 0.0696. The maximum atomic E-state index is 12.6. The Morgan fingerprint density at radius 2 is 2.05 bits per heavy atom. The molecule has 1 saturated heterocycles. The van der Waals surface area contributed by atoms with Crippen LogP contribution in [0.15, 0.2) is 0 Å². The van der Waals surface area contributed by atoms with Crippen LogP contribution in [0.3, 0.4) is 0 Å². The van der Waals surface area contributed by atoms with E-state index in [1.165, 1.54) is 6.92 Å². The molecule has 2 heterocycles. The first-order valence-corrected chi connectivity index (χ1v) is 7.15. The van der Waals surface area contributed by atoms with Crippen LogP contribution in [-0.2, 0) is 0 Å². The fraction of sp³-hybridized carbons (Fsp3) is 0.600. The van der Waals surface area contributed by atoms with E-state index >= 15 is 0 Å². The van der Waals surface area contributed by atoms with Crippen LogP contribution in [-0.4, -0.2) is 57.6 Å². The van der Waals surface area contributed by atoms with E-state index in [1.54, 1.807) is 18.7 Å². The average molecular weight is 294 g/mol. The number of aromatic nitrogens is 1. The van der Waals surface area contributed by atoms with E-state index in [-0.39, 0.29) is 30.8 Å². The van der Waals surface area contributed by atoms with Crippen LogP contribution < -0.4 is 0 Å². The number of rotatable bonds is 3. The molecule has 3 N–H and O–H groups in total. The van der Waals surface area contributed by atoms with Crippen molar-refractivity contribution in [3.8, 4) is 0 Å². The van der Waals surface area contributed by atoms with Crippen LogP contribution in [0, 0.1) is 19.8 Å². The maximum Gasteiger partial charge on any atom is 0.256 e. The normalized spacial score (nSPS) is 22.4. The van der Waals surface area contributed by atoms with Gasteiger partial charge in [0.2, 0.25) is 0 Å². The van der Waals surface area contributed by atoms with Gasteiger partial charge in [-0.05, 0) is 25.8 Å². The molecule has 0 aliphatic carbocycles. The third-order valence-electron chi connectivity index (χ3n) is 4.25. The van der Waals surface area contributed by atoms with Gasteiger partial charge in [0, 0.05) is 38.2 Å². The fourth-order valence-corrected chi connectivity index (χ4v) is 2.96. The van der Waals surface area contributed by atoms with Gasteiger partial charge >= 0.3 is 0 Å². The lowest BCUT2D eigenvalue weighted by Gasteiger charge is -2.35. The number of aromatic amines is 1. The highest BCUT2D eigenvalue weighted by molar-refractivity contribution is 6.02. The molecule has 1 aliphatic rings. The van der Waals surface area contributed by atoms with E-state index in [2.05, 4.69) is 4.98 Å². The van der Waals surface area contributed by atoms with E-state index in [0.717, 1.165) is 0 Å². The van der Waals surface area contributed by atoms with E-state index in [9.17, 15) is 14.7 Å². The Bertz CT molecular complexity index is 564. The minimum Gasteiger partial charge on any atom is -0.396 e. The first kappa shape index (κ1) is 15.7. The van der Waals surface area contributed by atoms with Crippen molar-refractivity contribution < 1.29 is 19.8 Å². The van der Waals surface area contributed by atoms with E-state index in [0.29, 0.717) is 35.5 Å². The van der Waals surface area contributed by atoms with Gasteiger partial charge in [-0.1, -0.05) is 0 Å². The quantitative estimate of drug-likeness (QED) is 0.714. The van der Waals surface area contributed by atoms with Crippen molar-refractivity contribution in [2.24, 2.45) is 5.92 Å². The van der Waals surface area contributed by atoms with Gasteiger partial charge in [-0.15, -0.1) is 0 Å². The molecule has 116 valence electrons. The number of β-amino-alcohol motifs (C(OH)–C–C–N with tert-alkyl or cyclic N) is 1. The molecule has 1 aromatic heterocycles. The first-order valence-electron chi connectivity index (χ1n) is 7.15. The summed E-state index contributed by atoms with van der Waals surface area (Å²) in [5, 5.41) is 19.1. The molecular weight excluding hydrogens is 272 g/mol. The van der Waals surface area contributed by atoms with Crippen molar-refractivity contribution in [2.75, 3.05) is 19.7 Å². The highest BCUT2D eigenvalue weighted by atomic mass is 16.3. The number of H-pyrrole nitrogens is 1. The third kappa shape index (κ3) is 2.87. The number of carbonyl (C=O) groups excluding carboxylic acids is 2. The van der Waals surface area contributed by atoms with Gasteiger partial charge in [0.05, 0.1) is 17.4 Å². The third-order valence-corrected chi connectivity index (χ3v) is 4.25. The second kappa shape index (κ2) is 5.99. The molecule has 1 fully saturated rings. The van der Waals surface area contributed by atoms with Gasteiger partial charge in [0.15, 0.2) is 5.78 Å². The van der Waals surface area contributed by atoms with Gasteiger partial charge in [-0.25, -0.2) is 0 Å². The molecule has 6 nitrogen and oxygen atoms in total. The van der Waals surface area contributed by atoms with Gasteiger partial charge in [0.1, 0.15) is 0 Å². The number of aliphatic hydroxyl groups excluding tert-OH is 2. The summed E-state index contributed by atoms with van der Waals surface area (Å²) >= 11 is 0. The van der Waals surface area contributed by atoms with Gasteiger partial charge in [-0.3, -0.25) is 9.59 Å². The van der Waals surface area contributed by atoms with Crippen molar-refractivity contribution in [3.63, 3.8) is 0 Å². The second-order valence-electron chi connectivity index (χ2n) is 5.73. The predicted octanol–water partition coefficient (Wildman–Crippen LogP) is 0.649. The van der Waals surface area contributed by atoms with Gasteiger partial charge < -0.3 is 20.1 Å². The van der Waals surface area contributed by atoms with Crippen LogP contribution in [0.25, 0.3) is 0 Å². The summed E-state index contributed by atoms with van der Waals surface area (Å²) in [6.07, 6.45) is -0.134. The van der Waals surface area contributed by atoms with Crippen molar-refractivity contribution >= 4 is 11.7 Å². The molecule has 0 unspecified atom stereocenters. The Hall–Kier alpha value is -1.66. The summed E-state index contributed by atoms with van der Waals surface area (Å²) < 4.78 is 0. The topological polar surface area (TPSA) is 93.6 Å². The van der Waals surface area contributed by atoms with Gasteiger partial charge in [-0.2, -0.15) is 0 Å². The summed E-state index contributed by atoms with van der Waals surface area (Å²) in [5.74, 6) is -0.451. The van der Waals surface area contributed by atoms with Crippen molar-refractivity contribution in [2.45, 2.75) is 33.3 Å². The molecule has 2 rings (SSSR count). The Kier molecular flexibility index (Phi) is 4.49. The number of Topliss-reactive ketones (excluding diaryl/α,β-unsaturated/α-hetero) is 1. The number of aryl methyl sites for hydroxylation is 1. The molecule has 2 atom stereocenters. The zero-order valence-electron chi connectivity index (χ0n) is 12.6. The Balaban J connectivity index is 2.23. The molecule has 0 saturated carbocycles. The molecule has 1 amide bonds. The minimum atomic E-state index is -0.709. The molecule has 0 spiro atoms. The smallest absolute Gasteiger partial charge is 0.256 e. The zero-order valence-corrected chi connectivity index (χ0v) is 12.6. The SMILES string of the molecule is CC(=O)c1[nH]c(C)c(C(=O)N2CC[C@H](CO)[C@H](O)C2)c1C. The fourth-order valence-electron chi connectivity index (χ4n) is 2.96. The summed E-state index contributed by atoms with van der Waals surface area (Å²) in [6.45, 7) is 5.63. The number of likely N-dealkylation sites (tertiary alicyclic amines) is 1. The Morgan fingerprint density at radius 3 is 2.52 bits per heavy atom. The lowest BCUT2D eigenvalue weighted by molar-refractivity contribution is 0.000820. The number of carbonyl (C=O) groups is 2. The maximum absolute atomic E-state index is 12.6. The first-order chi connectivity index (χ1) is 9.86.